The molecule has 10 nitrogen and oxygen atoms in total. The number of hydrogen-bond acceptors (Lipinski definition) is 8. The first kappa shape index (κ1) is 16.8. The molecule has 2 heterocycles. The van der Waals surface area contributed by atoms with Crippen molar-refractivity contribution in [3.63, 3.8) is 0 Å². The van der Waals surface area contributed by atoms with Gasteiger partial charge in [0.05, 0.1) is 5.56 Å². The minimum absolute atomic E-state index is 0.0800. The predicted octanol–water partition coefficient (Wildman–Crippen LogP) is 1.47. The molecule has 0 radical (unpaired) electrons. The van der Waals surface area contributed by atoms with Crippen LogP contribution in [0, 0.1) is 0 Å². The lowest BCUT2D eigenvalue weighted by Gasteiger charge is -2.03. The molecular formula is C16H14N6O4. The number of imidazole rings is 1. The van der Waals surface area contributed by atoms with Crippen LogP contribution >= 0.6 is 0 Å². The number of nitrogens with one attached hydrogen (secondary N) is 1. The van der Waals surface area contributed by atoms with Crippen molar-refractivity contribution >= 4 is 39.5 Å². The number of aromatic nitrogens is 4. The van der Waals surface area contributed by atoms with Gasteiger partial charge in [-0.25, -0.2) is 4.79 Å². The Morgan fingerprint density at radius 3 is 2.31 bits per heavy atom. The lowest BCUT2D eigenvalue weighted by atomic mass is 10.1. The van der Waals surface area contributed by atoms with E-state index in [2.05, 4.69) is 19.9 Å². The first-order valence-corrected chi connectivity index (χ1v) is 7.28. The van der Waals surface area contributed by atoms with Crippen LogP contribution in [0.1, 0.15) is 10.4 Å². The van der Waals surface area contributed by atoms with E-state index in [0.29, 0.717) is 5.69 Å². The van der Waals surface area contributed by atoms with Crippen molar-refractivity contribution in [2.45, 2.75) is 0 Å². The number of carbonyl (C=O) groups is 1. The van der Waals surface area contributed by atoms with E-state index >= 15 is 0 Å². The zero-order valence-electron chi connectivity index (χ0n) is 13.2. The van der Waals surface area contributed by atoms with Crippen molar-refractivity contribution in [2.75, 3.05) is 11.5 Å². The molecule has 0 unspecified atom stereocenters. The summed E-state index contributed by atoms with van der Waals surface area (Å²) in [6.45, 7) is 0. The van der Waals surface area contributed by atoms with Crippen LogP contribution in [0.25, 0.3) is 21.9 Å². The van der Waals surface area contributed by atoms with Crippen molar-refractivity contribution in [1.29, 1.82) is 0 Å². The summed E-state index contributed by atoms with van der Waals surface area (Å²) in [5.74, 6) is -1.43. The number of nitrogens with zero attached hydrogens (tertiary/aromatic N) is 3. The highest BCUT2D eigenvalue weighted by molar-refractivity contribution is 6.00. The Kier molecular flexibility index (Phi) is 4.15. The molecule has 0 atom stereocenters. The van der Waals surface area contributed by atoms with Gasteiger partial charge in [-0.1, -0.05) is 24.3 Å². The van der Waals surface area contributed by atoms with E-state index < -0.39 is 5.97 Å². The number of carboxylic acids is 1. The van der Waals surface area contributed by atoms with Gasteiger partial charge >= 0.3 is 5.97 Å². The Balaban J connectivity index is 0.000000152. The van der Waals surface area contributed by atoms with Crippen LogP contribution < -0.4 is 11.5 Å². The highest BCUT2D eigenvalue weighted by atomic mass is 16.4. The molecular weight excluding hydrogens is 340 g/mol. The Bertz CT molecular complexity index is 1120. The summed E-state index contributed by atoms with van der Waals surface area (Å²) in [5, 5.41) is 28.7. The van der Waals surface area contributed by atoms with Gasteiger partial charge in [0.2, 0.25) is 11.8 Å². The quantitative estimate of drug-likeness (QED) is 0.275. The van der Waals surface area contributed by atoms with Crippen molar-refractivity contribution in [2.24, 2.45) is 0 Å². The number of anilines is 2. The van der Waals surface area contributed by atoms with Crippen LogP contribution in [0.3, 0.4) is 0 Å². The third-order valence-corrected chi connectivity index (χ3v) is 3.48. The topological polar surface area (TPSA) is 184 Å². The zero-order chi connectivity index (χ0) is 18.8. The number of nitrogen functional groups attached to an aromatic ring is 2. The SMILES string of the molecule is Nc1cc2ccccc2cc1C(=O)O.Nc1nc(O)c2nc(O)[nH]c2n1. The van der Waals surface area contributed by atoms with Gasteiger partial charge in [0.25, 0.3) is 6.01 Å². The number of aromatic amines is 1. The van der Waals surface area contributed by atoms with Crippen LogP contribution in [0.4, 0.5) is 11.6 Å². The number of H-pyrrole nitrogens is 1. The van der Waals surface area contributed by atoms with Gasteiger partial charge in [0, 0.05) is 5.69 Å². The number of carboxylic acid groups (broad SMARTS) is 1. The van der Waals surface area contributed by atoms with E-state index in [1.807, 2.05) is 24.3 Å². The standard InChI is InChI=1S/C11H9NO2.C5H5N5O2/c12-10-6-8-4-2-1-3-7(8)5-9(10)11(13)14;6-4-8-2-1(3(11)10-4)7-5(12)9-2/h1-6H,12H2,(H,13,14);(H5,6,7,8,9,10,11,12). The minimum atomic E-state index is -0.992. The monoisotopic (exact) mass is 354 g/mol. The summed E-state index contributed by atoms with van der Waals surface area (Å²) in [7, 11) is 0. The van der Waals surface area contributed by atoms with Gasteiger partial charge < -0.3 is 26.8 Å². The summed E-state index contributed by atoms with van der Waals surface area (Å²) >= 11 is 0. The number of benzene rings is 2. The maximum absolute atomic E-state index is 10.8. The summed E-state index contributed by atoms with van der Waals surface area (Å²) < 4.78 is 0. The second kappa shape index (κ2) is 6.43. The molecule has 4 rings (SSSR count). The highest BCUT2D eigenvalue weighted by Gasteiger charge is 2.09. The third-order valence-electron chi connectivity index (χ3n) is 3.48. The van der Waals surface area contributed by atoms with E-state index in [0.717, 1.165) is 10.8 Å². The van der Waals surface area contributed by atoms with Crippen molar-refractivity contribution < 1.29 is 20.1 Å². The molecule has 2 aromatic heterocycles. The fraction of sp³-hybridized carbons (Fsp3) is 0. The van der Waals surface area contributed by atoms with Crippen LogP contribution in [0.15, 0.2) is 36.4 Å². The molecule has 0 amide bonds. The van der Waals surface area contributed by atoms with Crippen LogP contribution in [-0.2, 0) is 0 Å². The molecule has 132 valence electrons. The van der Waals surface area contributed by atoms with E-state index in [-0.39, 0.29) is 34.6 Å². The number of aromatic carboxylic acids is 1. The number of rotatable bonds is 1. The normalized spacial score (nSPS) is 10.5. The maximum atomic E-state index is 10.8. The van der Waals surface area contributed by atoms with E-state index in [9.17, 15) is 4.79 Å². The highest BCUT2D eigenvalue weighted by Crippen LogP contribution is 2.22. The number of aromatic hydroxyl groups is 2. The molecule has 4 aromatic rings. The number of nitrogens with two attached hydrogens (primary N) is 2. The average molecular weight is 354 g/mol. The first-order chi connectivity index (χ1) is 12.3. The zero-order valence-corrected chi connectivity index (χ0v) is 13.2. The van der Waals surface area contributed by atoms with Gasteiger partial charge in [-0.3, -0.25) is 4.98 Å². The number of hydrogen-bond donors (Lipinski definition) is 6. The predicted molar refractivity (Wildman–Crippen MR) is 94.7 cm³/mol. The maximum Gasteiger partial charge on any atom is 0.337 e. The Morgan fingerprint density at radius 1 is 1.00 bits per heavy atom. The summed E-state index contributed by atoms with van der Waals surface area (Å²) in [5.41, 5.74) is 11.6. The molecule has 2 aromatic carbocycles. The van der Waals surface area contributed by atoms with E-state index in [4.69, 9.17) is 26.8 Å². The van der Waals surface area contributed by atoms with E-state index in [1.165, 1.54) is 0 Å². The fourth-order valence-corrected chi connectivity index (χ4v) is 2.33. The Hall–Kier alpha value is -4.08. The molecule has 0 aliphatic heterocycles. The van der Waals surface area contributed by atoms with Crippen molar-refractivity contribution in [3.8, 4) is 11.9 Å². The van der Waals surface area contributed by atoms with E-state index in [1.54, 1.807) is 12.1 Å². The largest absolute Gasteiger partial charge is 0.492 e. The summed E-state index contributed by atoms with van der Waals surface area (Å²) in [4.78, 5) is 23.8. The summed E-state index contributed by atoms with van der Waals surface area (Å²) in [6, 6.07) is 10.5. The molecule has 0 saturated heterocycles. The molecule has 0 fully saturated rings. The first-order valence-electron chi connectivity index (χ1n) is 7.28. The van der Waals surface area contributed by atoms with Crippen LogP contribution in [-0.4, -0.2) is 41.2 Å². The molecule has 0 saturated carbocycles. The van der Waals surface area contributed by atoms with Gasteiger partial charge in [0.15, 0.2) is 11.2 Å². The van der Waals surface area contributed by atoms with Crippen molar-refractivity contribution in [3.05, 3.63) is 42.0 Å². The second-order valence-electron chi connectivity index (χ2n) is 5.25. The minimum Gasteiger partial charge on any atom is -0.492 e. The fourth-order valence-electron chi connectivity index (χ4n) is 2.33. The Labute approximate surface area is 145 Å². The van der Waals surface area contributed by atoms with Crippen LogP contribution in [0.2, 0.25) is 0 Å². The average Bonchev–Trinajstić information content (AvgIpc) is 2.95. The molecule has 10 heteroatoms. The second-order valence-corrected chi connectivity index (χ2v) is 5.25. The van der Waals surface area contributed by atoms with Crippen molar-refractivity contribution in [1.82, 2.24) is 19.9 Å². The molecule has 8 N–H and O–H groups in total. The Morgan fingerprint density at radius 2 is 1.65 bits per heavy atom. The lowest BCUT2D eigenvalue weighted by molar-refractivity contribution is 0.0698. The molecule has 0 spiro atoms. The molecule has 0 bridgehead atoms. The summed E-state index contributed by atoms with van der Waals surface area (Å²) in [6.07, 6.45) is 0. The van der Waals surface area contributed by atoms with Gasteiger partial charge in [-0.05, 0) is 22.9 Å². The molecule has 26 heavy (non-hydrogen) atoms. The van der Waals surface area contributed by atoms with Gasteiger partial charge in [-0.15, -0.1) is 0 Å². The smallest absolute Gasteiger partial charge is 0.337 e. The third kappa shape index (κ3) is 3.24. The lowest BCUT2D eigenvalue weighted by Crippen LogP contribution is -2.01. The molecule has 0 aliphatic carbocycles. The van der Waals surface area contributed by atoms with Gasteiger partial charge in [-0.2, -0.15) is 15.0 Å². The van der Waals surface area contributed by atoms with Gasteiger partial charge in [0.1, 0.15) is 0 Å². The van der Waals surface area contributed by atoms with Crippen LogP contribution in [0.5, 0.6) is 11.9 Å². The molecule has 0 aliphatic rings. The number of fused-ring (bicyclic) bond motifs is 2.